The maximum atomic E-state index is 5.95. The largest absolute Gasteiger partial charge is 0.491 e. The van der Waals surface area contributed by atoms with Gasteiger partial charge in [-0.05, 0) is 32.4 Å². The van der Waals surface area contributed by atoms with Crippen LogP contribution in [0.2, 0.25) is 0 Å². The van der Waals surface area contributed by atoms with Gasteiger partial charge in [-0.3, -0.25) is 0 Å². The number of benzene rings is 2. The smallest absolute Gasteiger partial charge is 0.127 e. The van der Waals surface area contributed by atoms with Crippen molar-refractivity contribution in [2.45, 2.75) is 33.9 Å². The molecule has 0 atom stereocenters. The van der Waals surface area contributed by atoms with E-state index in [-0.39, 0.29) is 0 Å². The average Bonchev–Trinajstić information content (AvgIpc) is 2.70. The van der Waals surface area contributed by atoms with E-state index in [2.05, 4.69) is 42.6 Å². The fraction of sp³-hybridized carbons (Fsp3) is 0.478. The van der Waals surface area contributed by atoms with Crippen molar-refractivity contribution >= 4 is 0 Å². The second kappa shape index (κ2) is 13.2. The molecular formula is C23H33NO4. The van der Waals surface area contributed by atoms with E-state index in [1.165, 1.54) is 11.1 Å². The van der Waals surface area contributed by atoms with Crippen molar-refractivity contribution in [3.63, 3.8) is 0 Å². The second-order valence-corrected chi connectivity index (χ2v) is 6.45. The Bertz CT molecular complexity index is 690. The number of nitrogens with one attached hydrogen (secondary N) is 1. The number of hydrogen-bond donors (Lipinski definition) is 1. The van der Waals surface area contributed by atoms with Crippen LogP contribution < -0.4 is 14.8 Å². The maximum absolute atomic E-state index is 5.95. The van der Waals surface area contributed by atoms with Crippen molar-refractivity contribution in [1.82, 2.24) is 5.32 Å². The summed E-state index contributed by atoms with van der Waals surface area (Å²) in [5.74, 6) is 1.61. The van der Waals surface area contributed by atoms with E-state index in [0.717, 1.165) is 30.2 Å². The predicted octanol–water partition coefficient (Wildman–Crippen LogP) is 4.12. The number of ether oxygens (including phenoxy) is 4. The molecule has 154 valence electrons. The van der Waals surface area contributed by atoms with Crippen LogP contribution in [0.4, 0.5) is 0 Å². The summed E-state index contributed by atoms with van der Waals surface area (Å²) in [6.07, 6.45) is 0. The Hall–Kier alpha value is -2.08. The Labute approximate surface area is 169 Å². The Kier molecular flexibility index (Phi) is 10.4. The molecule has 0 amide bonds. The molecule has 0 radical (unpaired) electrons. The van der Waals surface area contributed by atoms with Gasteiger partial charge in [-0.1, -0.05) is 35.9 Å². The minimum absolute atomic E-state index is 0.515. The standard InChI is InChI=1S/C23H33NO4/c1-4-25-11-13-27-22-10-9-21(23(16-22)28-14-12-26-5-2)18-24-17-20-8-6-7-19(3)15-20/h6-10,15-16,24H,4-5,11-14,17-18H2,1-3H3. The van der Waals surface area contributed by atoms with Crippen LogP contribution >= 0.6 is 0 Å². The zero-order valence-electron chi connectivity index (χ0n) is 17.3. The van der Waals surface area contributed by atoms with Crippen LogP contribution in [0, 0.1) is 6.92 Å². The van der Waals surface area contributed by atoms with Crippen molar-refractivity contribution in [3.8, 4) is 11.5 Å². The summed E-state index contributed by atoms with van der Waals surface area (Å²) in [6.45, 7) is 11.2. The van der Waals surface area contributed by atoms with E-state index in [1.807, 2.05) is 26.0 Å². The first-order valence-electron chi connectivity index (χ1n) is 10.0. The van der Waals surface area contributed by atoms with Gasteiger partial charge in [-0.15, -0.1) is 0 Å². The lowest BCUT2D eigenvalue weighted by molar-refractivity contribution is 0.107. The van der Waals surface area contributed by atoms with Gasteiger partial charge in [-0.25, -0.2) is 0 Å². The monoisotopic (exact) mass is 387 g/mol. The van der Waals surface area contributed by atoms with E-state index in [9.17, 15) is 0 Å². The van der Waals surface area contributed by atoms with Crippen LogP contribution in [0.3, 0.4) is 0 Å². The molecule has 1 N–H and O–H groups in total. The molecule has 5 nitrogen and oxygen atoms in total. The molecule has 0 bridgehead atoms. The van der Waals surface area contributed by atoms with Gasteiger partial charge in [-0.2, -0.15) is 0 Å². The molecule has 28 heavy (non-hydrogen) atoms. The lowest BCUT2D eigenvalue weighted by Gasteiger charge is -2.15. The van der Waals surface area contributed by atoms with Crippen LogP contribution in [0.5, 0.6) is 11.5 Å². The second-order valence-electron chi connectivity index (χ2n) is 6.45. The molecule has 0 spiro atoms. The summed E-state index contributed by atoms with van der Waals surface area (Å²) in [5, 5.41) is 3.49. The molecule has 2 rings (SSSR count). The third-order valence-electron chi connectivity index (χ3n) is 4.16. The van der Waals surface area contributed by atoms with Gasteiger partial charge < -0.3 is 24.3 Å². The minimum atomic E-state index is 0.515. The molecule has 0 saturated carbocycles. The Balaban J connectivity index is 1.94. The summed E-state index contributed by atoms with van der Waals surface area (Å²) >= 11 is 0. The van der Waals surface area contributed by atoms with E-state index in [4.69, 9.17) is 18.9 Å². The molecule has 0 aromatic heterocycles. The summed E-state index contributed by atoms with van der Waals surface area (Å²) in [7, 11) is 0. The highest BCUT2D eigenvalue weighted by Gasteiger charge is 2.07. The van der Waals surface area contributed by atoms with Crippen LogP contribution in [0.25, 0.3) is 0 Å². The molecule has 2 aromatic rings. The molecule has 5 heteroatoms. The third kappa shape index (κ3) is 8.30. The molecule has 0 heterocycles. The van der Waals surface area contributed by atoms with Gasteiger partial charge in [0.1, 0.15) is 24.7 Å². The maximum Gasteiger partial charge on any atom is 0.127 e. The highest BCUT2D eigenvalue weighted by atomic mass is 16.5. The molecule has 0 fully saturated rings. The molecule has 0 aliphatic rings. The molecule has 0 aliphatic carbocycles. The van der Waals surface area contributed by atoms with Crippen molar-refractivity contribution in [3.05, 3.63) is 59.2 Å². The summed E-state index contributed by atoms with van der Waals surface area (Å²) in [6, 6.07) is 14.5. The van der Waals surface area contributed by atoms with Crippen LogP contribution in [0.15, 0.2) is 42.5 Å². The van der Waals surface area contributed by atoms with Gasteiger partial charge in [0.15, 0.2) is 0 Å². The average molecular weight is 388 g/mol. The molecule has 0 aliphatic heterocycles. The fourth-order valence-electron chi connectivity index (χ4n) is 2.79. The third-order valence-corrected chi connectivity index (χ3v) is 4.16. The van der Waals surface area contributed by atoms with Crippen molar-refractivity contribution in [2.24, 2.45) is 0 Å². The molecule has 0 unspecified atom stereocenters. The topological polar surface area (TPSA) is 49.0 Å². The lowest BCUT2D eigenvalue weighted by Crippen LogP contribution is -2.15. The predicted molar refractivity (Wildman–Crippen MR) is 112 cm³/mol. The Morgan fingerprint density at radius 3 is 2.25 bits per heavy atom. The van der Waals surface area contributed by atoms with Gasteiger partial charge in [0.05, 0.1) is 13.2 Å². The van der Waals surface area contributed by atoms with E-state index >= 15 is 0 Å². The van der Waals surface area contributed by atoms with Crippen LogP contribution in [-0.2, 0) is 22.6 Å². The zero-order valence-corrected chi connectivity index (χ0v) is 17.3. The van der Waals surface area contributed by atoms with Gasteiger partial charge in [0, 0.05) is 37.9 Å². The summed E-state index contributed by atoms with van der Waals surface area (Å²) in [4.78, 5) is 0. The van der Waals surface area contributed by atoms with Crippen LogP contribution in [0.1, 0.15) is 30.5 Å². The minimum Gasteiger partial charge on any atom is -0.491 e. The first-order chi connectivity index (χ1) is 13.7. The van der Waals surface area contributed by atoms with E-state index in [1.54, 1.807) is 0 Å². The Morgan fingerprint density at radius 2 is 1.54 bits per heavy atom. The number of hydrogen-bond acceptors (Lipinski definition) is 5. The van der Waals surface area contributed by atoms with Crippen molar-refractivity contribution in [2.75, 3.05) is 39.6 Å². The number of aryl methyl sites for hydroxylation is 1. The van der Waals surface area contributed by atoms with Gasteiger partial charge in [0.25, 0.3) is 0 Å². The first kappa shape index (κ1) is 22.2. The lowest BCUT2D eigenvalue weighted by atomic mass is 10.1. The molecule has 2 aromatic carbocycles. The fourth-order valence-corrected chi connectivity index (χ4v) is 2.79. The van der Waals surface area contributed by atoms with Crippen molar-refractivity contribution < 1.29 is 18.9 Å². The van der Waals surface area contributed by atoms with Gasteiger partial charge in [0.2, 0.25) is 0 Å². The zero-order chi connectivity index (χ0) is 20.0. The molecular weight excluding hydrogens is 354 g/mol. The van der Waals surface area contributed by atoms with Crippen molar-refractivity contribution in [1.29, 1.82) is 0 Å². The highest BCUT2D eigenvalue weighted by Crippen LogP contribution is 2.25. The summed E-state index contributed by atoms with van der Waals surface area (Å²) < 4.78 is 22.4. The van der Waals surface area contributed by atoms with E-state index in [0.29, 0.717) is 39.6 Å². The van der Waals surface area contributed by atoms with Crippen LogP contribution in [-0.4, -0.2) is 39.6 Å². The first-order valence-corrected chi connectivity index (χ1v) is 10.0. The highest BCUT2D eigenvalue weighted by molar-refractivity contribution is 5.41. The number of rotatable bonds is 14. The van der Waals surface area contributed by atoms with E-state index < -0.39 is 0 Å². The summed E-state index contributed by atoms with van der Waals surface area (Å²) in [5.41, 5.74) is 3.64. The SMILES string of the molecule is CCOCCOc1ccc(CNCc2cccc(C)c2)c(OCCOCC)c1. The molecule has 0 saturated heterocycles. The Morgan fingerprint density at radius 1 is 0.786 bits per heavy atom. The quantitative estimate of drug-likeness (QED) is 0.494. The van der Waals surface area contributed by atoms with Gasteiger partial charge >= 0.3 is 0 Å². The normalized spacial score (nSPS) is 10.8.